The molecule has 1 N–H and O–H groups in total. The molecular weight excluding hydrogens is 394 g/mol. The summed E-state index contributed by atoms with van der Waals surface area (Å²) in [5.41, 5.74) is 4.76. The Morgan fingerprint density at radius 3 is 2.53 bits per heavy atom. The van der Waals surface area contributed by atoms with Crippen LogP contribution in [0.3, 0.4) is 0 Å². The highest BCUT2D eigenvalue weighted by molar-refractivity contribution is 6.19. The van der Waals surface area contributed by atoms with Gasteiger partial charge in [-0.2, -0.15) is 0 Å². The van der Waals surface area contributed by atoms with Gasteiger partial charge in [0, 0.05) is 18.0 Å². The summed E-state index contributed by atoms with van der Waals surface area (Å²) in [7, 11) is 0. The van der Waals surface area contributed by atoms with Gasteiger partial charge in [-0.25, -0.2) is 9.97 Å². The van der Waals surface area contributed by atoms with Crippen molar-refractivity contribution < 1.29 is 4.74 Å². The molecule has 0 aliphatic carbocycles. The van der Waals surface area contributed by atoms with E-state index in [-0.39, 0.29) is 0 Å². The minimum absolute atomic E-state index is 0.432. The number of allylic oxidation sites excluding steroid dienone is 3. The number of pyridine rings is 1. The van der Waals surface area contributed by atoms with Gasteiger partial charge in [0.05, 0.1) is 17.6 Å². The van der Waals surface area contributed by atoms with E-state index in [1.165, 1.54) is 0 Å². The molecule has 0 aliphatic rings. The number of aromatic amines is 1. The number of H-pyrrole nitrogens is 1. The third-order valence-corrected chi connectivity index (χ3v) is 4.44. The van der Waals surface area contributed by atoms with Crippen LogP contribution in [0.4, 0.5) is 0 Å². The molecule has 4 nitrogen and oxygen atoms in total. The van der Waals surface area contributed by atoms with Crippen molar-refractivity contribution in [2.75, 3.05) is 12.5 Å². The summed E-state index contributed by atoms with van der Waals surface area (Å²) in [6.07, 6.45) is 4.63. The molecule has 2 heterocycles. The maximum atomic E-state index is 6.00. The van der Waals surface area contributed by atoms with Gasteiger partial charge < -0.3 is 9.72 Å². The van der Waals surface area contributed by atoms with Crippen LogP contribution in [-0.2, 0) is 11.2 Å². The summed E-state index contributed by atoms with van der Waals surface area (Å²) in [5.74, 6) is 2.53. The Bertz CT molecular complexity index is 956. The standard InChI is InChI=1S/C23H26ClN3O.C2H6/c1-4-22(28-15-16(2)3)17(12-13-24)14-18-8-7-11-21(25-18)23-26-19-9-5-6-10-20(19)27-23;1-2/h4-12,16H,13-15H2,1-3H3,(H,26,27);1-2H3/b17-12-,22-4+;. The zero-order valence-electron chi connectivity index (χ0n) is 18.6. The number of ether oxygens (including phenoxy) is 1. The van der Waals surface area contributed by atoms with Crippen molar-refractivity contribution in [2.24, 2.45) is 5.92 Å². The van der Waals surface area contributed by atoms with E-state index in [1.54, 1.807) is 0 Å². The highest BCUT2D eigenvalue weighted by Crippen LogP contribution is 2.22. The van der Waals surface area contributed by atoms with Crippen molar-refractivity contribution in [1.82, 2.24) is 15.0 Å². The molecule has 0 unspecified atom stereocenters. The molecule has 0 amide bonds. The molecule has 30 heavy (non-hydrogen) atoms. The first-order valence-electron chi connectivity index (χ1n) is 10.6. The summed E-state index contributed by atoms with van der Waals surface area (Å²) in [6, 6.07) is 14.0. The van der Waals surface area contributed by atoms with Gasteiger partial charge in [-0.15, -0.1) is 11.6 Å². The van der Waals surface area contributed by atoms with Crippen LogP contribution in [0, 0.1) is 5.92 Å². The number of para-hydroxylation sites is 2. The van der Waals surface area contributed by atoms with Gasteiger partial charge in [0.15, 0.2) is 5.82 Å². The summed E-state index contributed by atoms with van der Waals surface area (Å²) in [5, 5.41) is 0. The molecule has 2 aromatic heterocycles. The van der Waals surface area contributed by atoms with Crippen LogP contribution in [0.15, 0.2) is 65.9 Å². The first kappa shape index (κ1) is 23.7. The highest BCUT2D eigenvalue weighted by atomic mass is 35.5. The van der Waals surface area contributed by atoms with Crippen LogP contribution in [0.5, 0.6) is 0 Å². The van der Waals surface area contributed by atoms with Gasteiger partial charge in [-0.05, 0) is 48.8 Å². The largest absolute Gasteiger partial charge is 0.493 e. The topological polar surface area (TPSA) is 50.8 Å². The van der Waals surface area contributed by atoms with E-state index in [2.05, 4.69) is 23.8 Å². The average Bonchev–Trinajstić information content (AvgIpc) is 3.20. The Morgan fingerprint density at radius 2 is 1.87 bits per heavy atom. The monoisotopic (exact) mass is 425 g/mol. The Morgan fingerprint density at radius 1 is 1.10 bits per heavy atom. The zero-order valence-corrected chi connectivity index (χ0v) is 19.3. The van der Waals surface area contributed by atoms with E-state index < -0.39 is 0 Å². The molecule has 0 atom stereocenters. The molecule has 0 saturated heterocycles. The number of aromatic nitrogens is 3. The summed E-state index contributed by atoms with van der Waals surface area (Å²) in [6.45, 7) is 10.9. The van der Waals surface area contributed by atoms with Crippen LogP contribution >= 0.6 is 11.6 Å². The van der Waals surface area contributed by atoms with Crippen molar-refractivity contribution in [3.05, 3.63) is 71.6 Å². The lowest BCUT2D eigenvalue weighted by atomic mass is 10.1. The second kappa shape index (κ2) is 12.2. The third-order valence-electron chi connectivity index (χ3n) is 4.28. The molecule has 0 saturated carbocycles. The SMILES string of the molecule is C/C=C(OCC(C)C)\C(=C/CCl)Cc1cccc(-c2nc3ccccc3[nH]2)n1.CC. The summed E-state index contributed by atoms with van der Waals surface area (Å²) >= 11 is 6.00. The van der Waals surface area contributed by atoms with E-state index >= 15 is 0 Å². The van der Waals surface area contributed by atoms with E-state index in [0.29, 0.717) is 24.8 Å². The first-order valence-corrected chi connectivity index (χ1v) is 11.1. The maximum Gasteiger partial charge on any atom is 0.157 e. The molecule has 0 radical (unpaired) electrons. The lowest BCUT2D eigenvalue weighted by Crippen LogP contribution is -2.06. The summed E-state index contributed by atoms with van der Waals surface area (Å²) in [4.78, 5) is 12.8. The number of fused-ring (bicyclic) bond motifs is 1. The smallest absolute Gasteiger partial charge is 0.157 e. The third kappa shape index (κ3) is 6.46. The van der Waals surface area contributed by atoms with Gasteiger partial charge >= 0.3 is 0 Å². The molecule has 0 aliphatic heterocycles. The van der Waals surface area contributed by atoms with Crippen molar-refractivity contribution in [2.45, 2.75) is 41.0 Å². The Hall–Kier alpha value is -2.59. The van der Waals surface area contributed by atoms with Crippen LogP contribution in [0.1, 0.15) is 40.3 Å². The number of nitrogens with zero attached hydrogens (tertiary/aromatic N) is 2. The second-order valence-electron chi connectivity index (χ2n) is 7.03. The minimum Gasteiger partial charge on any atom is -0.493 e. The predicted molar refractivity (Wildman–Crippen MR) is 128 cm³/mol. The zero-order chi connectivity index (χ0) is 21.9. The summed E-state index contributed by atoms with van der Waals surface area (Å²) < 4.78 is 5.98. The molecule has 3 rings (SSSR count). The van der Waals surface area contributed by atoms with Crippen LogP contribution in [-0.4, -0.2) is 27.4 Å². The minimum atomic E-state index is 0.432. The highest BCUT2D eigenvalue weighted by Gasteiger charge is 2.11. The van der Waals surface area contributed by atoms with Crippen LogP contribution in [0.25, 0.3) is 22.6 Å². The lowest BCUT2D eigenvalue weighted by Gasteiger charge is -2.15. The van der Waals surface area contributed by atoms with Gasteiger partial charge in [-0.3, -0.25) is 0 Å². The lowest BCUT2D eigenvalue weighted by molar-refractivity contribution is 0.185. The molecule has 160 valence electrons. The average molecular weight is 426 g/mol. The Balaban J connectivity index is 0.00000155. The van der Waals surface area contributed by atoms with E-state index in [1.807, 2.05) is 75.4 Å². The number of rotatable bonds is 8. The van der Waals surface area contributed by atoms with Gasteiger partial charge in [0.1, 0.15) is 11.5 Å². The van der Waals surface area contributed by atoms with Crippen molar-refractivity contribution >= 4 is 22.6 Å². The van der Waals surface area contributed by atoms with E-state index in [9.17, 15) is 0 Å². The number of nitrogens with one attached hydrogen (secondary N) is 1. The van der Waals surface area contributed by atoms with Crippen molar-refractivity contribution in [3.63, 3.8) is 0 Å². The van der Waals surface area contributed by atoms with E-state index in [4.69, 9.17) is 21.3 Å². The molecule has 0 fully saturated rings. The second-order valence-corrected chi connectivity index (χ2v) is 7.34. The van der Waals surface area contributed by atoms with Crippen LogP contribution in [0.2, 0.25) is 0 Å². The van der Waals surface area contributed by atoms with Gasteiger partial charge in [0.25, 0.3) is 0 Å². The van der Waals surface area contributed by atoms with Crippen LogP contribution < -0.4 is 0 Å². The maximum absolute atomic E-state index is 6.00. The number of imidazole rings is 1. The van der Waals surface area contributed by atoms with Gasteiger partial charge in [0.2, 0.25) is 0 Å². The Kier molecular flexibility index (Phi) is 9.62. The molecule has 3 aromatic rings. The quantitative estimate of drug-likeness (QED) is 0.241. The molecular formula is C25H32ClN3O. The van der Waals surface area contributed by atoms with Crippen molar-refractivity contribution in [1.29, 1.82) is 0 Å². The predicted octanol–water partition coefficient (Wildman–Crippen LogP) is 6.94. The first-order chi connectivity index (χ1) is 14.6. The fraction of sp³-hybridized carbons (Fsp3) is 0.360. The number of halogens is 1. The van der Waals surface area contributed by atoms with Gasteiger partial charge in [-0.1, -0.05) is 52.0 Å². The number of benzene rings is 1. The Labute approximate surface area is 185 Å². The number of hydrogen-bond donors (Lipinski definition) is 1. The molecule has 5 heteroatoms. The fourth-order valence-electron chi connectivity index (χ4n) is 2.95. The molecule has 0 spiro atoms. The molecule has 1 aromatic carbocycles. The fourth-order valence-corrected chi connectivity index (χ4v) is 3.14. The van der Waals surface area contributed by atoms with Crippen molar-refractivity contribution in [3.8, 4) is 11.5 Å². The number of alkyl halides is 1. The number of hydrogen-bond acceptors (Lipinski definition) is 3. The normalized spacial score (nSPS) is 12.1. The van der Waals surface area contributed by atoms with E-state index in [0.717, 1.165) is 39.6 Å². The molecule has 0 bridgehead atoms.